The molecule has 1 aliphatic heterocycles. The maximum atomic E-state index is 5.99. The highest BCUT2D eigenvalue weighted by Crippen LogP contribution is 2.32. The van der Waals surface area contributed by atoms with Crippen LogP contribution >= 0.6 is 24.0 Å². The van der Waals surface area contributed by atoms with Gasteiger partial charge in [-0.15, -0.1) is 24.0 Å². The van der Waals surface area contributed by atoms with E-state index in [9.17, 15) is 0 Å². The van der Waals surface area contributed by atoms with Crippen LogP contribution in [-0.4, -0.2) is 30.5 Å². The van der Waals surface area contributed by atoms with Crippen LogP contribution in [0.5, 0.6) is 0 Å². The third kappa shape index (κ3) is 4.47. The molecule has 1 heterocycles. The smallest absolute Gasteiger partial charge is 0.191 e. The molecule has 1 saturated heterocycles. The van der Waals surface area contributed by atoms with Crippen molar-refractivity contribution in [1.29, 1.82) is 0 Å². The van der Waals surface area contributed by atoms with Gasteiger partial charge in [0, 0.05) is 19.6 Å². The molecule has 1 saturated carbocycles. The fraction of sp³-hybridized carbons (Fsp3) is 0.917. The van der Waals surface area contributed by atoms with Crippen molar-refractivity contribution in [2.75, 3.05) is 19.6 Å². The fourth-order valence-electron chi connectivity index (χ4n) is 2.27. The molecule has 2 fully saturated rings. The molecule has 16 heavy (non-hydrogen) atoms. The molecule has 3 nitrogen and oxygen atoms in total. The van der Waals surface area contributed by atoms with Crippen LogP contribution in [0.1, 0.15) is 39.0 Å². The number of nitrogens with zero attached hydrogens (tertiary/aromatic N) is 2. The van der Waals surface area contributed by atoms with Crippen LogP contribution in [0.25, 0.3) is 0 Å². The van der Waals surface area contributed by atoms with E-state index in [-0.39, 0.29) is 24.0 Å². The standard InChI is InChI=1S/C12H23N3.HI/c1-10-3-2-8-15(9-10)12(13)14-7-6-11-4-5-11;/h10-11H,2-9H2,1H3,(H2,13,14);1H. The molecule has 2 N–H and O–H groups in total. The molecule has 0 spiro atoms. The highest BCUT2D eigenvalue weighted by atomic mass is 127. The Morgan fingerprint density at radius 1 is 1.38 bits per heavy atom. The van der Waals surface area contributed by atoms with Gasteiger partial charge in [0.2, 0.25) is 0 Å². The van der Waals surface area contributed by atoms with Crippen LogP contribution in [0.3, 0.4) is 0 Å². The van der Waals surface area contributed by atoms with Crippen LogP contribution in [0, 0.1) is 11.8 Å². The molecular weight excluding hydrogens is 313 g/mol. The van der Waals surface area contributed by atoms with Crippen molar-refractivity contribution in [1.82, 2.24) is 4.90 Å². The van der Waals surface area contributed by atoms with Crippen molar-refractivity contribution in [2.45, 2.75) is 39.0 Å². The van der Waals surface area contributed by atoms with Gasteiger partial charge < -0.3 is 10.6 Å². The van der Waals surface area contributed by atoms with Crippen molar-refractivity contribution in [2.24, 2.45) is 22.6 Å². The number of hydrogen-bond acceptors (Lipinski definition) is 1. The molecule has 2 rings (SSSR count). The summed E-state index contributed by atoms with van der Waals surface area (Å²) in [5.41, 5.74) is 5.99. The zero-order valence-corrected chi connectivity index (χ0v) is 12.5. The minimum absolute atomic E-state index is 0. The molecule has 0 aromatic rings. The quantitative estimate of drug-likeness (QED) is 0.488. The second-order valence-corrected chi connectivity index (χ2v) is 5.17. The summed E-state index contributed by atoms with van der Waals surface area (Å²) in [6.45, 7) is 5.42. The first-order valence-electron chi connectivity index (χ1n) is 6.30. The van der Waals surface area contributed by atoms with Crippen molar-refractivity contribution in [3.8, 4) is 0 Å². The van der Waals surface area contributed by atoms with E-state index < -0.39 is 0 Å². The van der Waals surface area contributed by atoms with Crippen LogP contribution in [0.15, 0.2) is 4.99 Å². The van der Waals surface area contributed by atoms with E-state index >= 15 is 0 Å². The molecule has 1 unspecified atom stereocenters. The summed E-state index contributed by atoms with van der Waals surface area (Å²) < 4.78 is 0. The Balaban J connectivity index is 0.00000128. The Morgan fingerprint density at radius 3 is 2.75 bits per heavy atom. The molecule has 0 bridgehead atoms. The van der Waals surface area contributed by atoms with E-state index in [1.807, 2.05) is 0 Å². The average molecular weight is 337 g/mol. The van der Waals surface area contributed by atoms with Gasteiger partial charge in [-0.3, -0.25) is 4.99 Å². The number of piperidine rings is 1. The van der Waals surface area contributed by atoms with Gasteiger partial charge in [-0.1, -0.05) is 19.8 Å². The molecule has 0 aromatic heterocycles. The largest absolute Gasteiger partial charge is 0.370 e. The molecule has 1 aliphatic carbocycles. The predicted molar refractivity (Wildman–Crippen MR) is 79.2 cm³/mol. The normalized spacial score (nSPS) is 26.4. The number of likely N-dealkylation sites (tertiary alicyclic amines) is 1. The van der Waals surface area contributed by atoms with E-state index in [1.54, 1.807) is 0 Å². The lowest BCUT2D eigenvalue weighted by Gasteiger charge is -2.31. The first-order valence-corrected chi connectivity index (χ1v) is 6.30. The van der Waals surface area contributed by atoms with Crippen LogP contribution in [-0.2, 0) is 0 Å². The van der Waals surface area contributed by atoms with Gasteiger partial charge in [0.1, 0.15) is 0 Å². The summed E-state index contributed by atoms with van der Waals surface area (Å²) in [5, 5.41) is 0. The molecule has 0 radical (unpaired) electrons. The van der Waals surface area contributed by atoms with E-state index in [0.717, 1.165) is 37.4 Å². The number of rotatable bonds is 3. The third-order valence-corrected chi connectivity index (χ3v) is 3.49. The molecule has 2 aliphatic rings. The minimum atomic E-state index is 0. The topological polar surface area (TPSA) is 41.6 Å². The van der Waals surface area contributed by atoms with Crippen molar-refractivity contribution >= 4 is 29.9 Å². The van der Waals surface area contributed by atoms with E-state index in [0.29, 0.717) is 0 Å². The van der Waals surface area contributed by atoms with Gasteiger partial charge >= 0.3 is 0 Å². The van der Waals surface area contributed by atoms with Gasteiger partial charge in [0.15, 0.2) is 5.96 Å². The lowest BCUT2D eigenvalue weighted by atomic mass is 10.0. The summed E-state index contributed by atoms with van der Waals surface area (Å²) in [7, 11) is 0. The van der Waals surface area contributed by atoms with Gasteiger partial charge in [-0.25, -0.2) is 0 Å². The van der Waals surface area contributed by atoms with Crippen molar-refractivity contribution in [3.63, 3.8) is 0 Å². The number of nitrogens with two attached hydrogens (primary N) is 1. The Kier molecular flexibility index (Phi) is 5.86. The fourth-order valence-corrected chi connectivity index (χ4v) is 2.27. The Bertz CT molecular complexity index is 238. The first kappa shape index (κ1) is 14.1. The Morgan fingerprint density at radius 2 is 2.12 bits per heavy atom. The number of aliphatic imine (C=N–C) groups is 1. The molecule has 0 aromatic carbocycles. The lowest BCUT2D eigenvalue weighted by Crippen LogP contribution is -2.43. The van der Waals surface area contributed by atoms with Crippen molar-refractivity contribution in [3.05, 3.63) is 0 Å². The average Bonchev–Trinajstić information content (AvgIpc) is 3.01. The van der Waals surface area contributed by atoms with E-state index in [1.165, 1.54) is 32.1 Å². The summed E-state index contributed by atoms with van der Waals surface area (Å²) >= 11 is 0. The first-order chi connectivity index (χ1) is 7.25. The molecular formula is C12H24IN3. The number of hydrogen-bond donors (Lipinski definition) is 1. The predicted octanol–water partition coefficient (Wildman–Crippen LogP) is 2.45. The molecule has 0 amide bonds. The second-order valence-electron chi connectivity index (χ2n) is 5.17. The third-order valence-electron chi connectivity index (χ3n) is 3.49. The van der Waals surface area contributed by atoms with E-state index in [4.69, 9.17) is 5.73 Å². The number of guanidine groups is 1. The zero-order valence-electron chi connectivity index (χ0n) is 10.2. The van der Waals surface area contributed by atoms with Crippen LogP contribution in [0.4, 0.5) is 0 Å². The summed E-state index contributed by atoms with van der Waals surface area (Å²) in [6.07, 6.45) is 6.67. The molecule has 94 valence electrons. The van der Waals surface area contributed by atoms with E-state index in [2.05, 4.69) is 16.8 Å². The molecule has 1 atom stereocenters. The maximum Gasteiger partial charge on any atom is 0.191 e. The highest BCUT2D eigenvalue weighted by molar-refractivity contribution is 14.0. The van der Waals surface area contributed by atoms with Gasteiger partial charge in [0.25, 0.3) is 0 Å². The highest BCUT2D eigenvalue weighted by Gasteiger charge is 2.21. The summed E-state index contributed by atoms with van der Waals surface area (Å²) in [6, 6.07) is 0. The second kappa shape index (κ2) is 6.67. The van der Waals surface area contributed by atoms with Gasteiger partial charge in [-0.05, 0) is 31.1 Å². The maximum absolute atomic E-state index is 5.99. The minimum Gasteiger partial charge on any atom is -0.370 e. The summed E-state index contributed by atoms with van der Waals surface area (Å²) in [5.74, 6) is 2.51. The van der Waals surface area contributed by atoms with Crippen LogP contribution < -0.4 is 5.73 Å². The SMILES string of the molecule is CC1CCCN(C(N)=NCCC2CC2)C1.I. The lowest BCUT2D eigenvalue weighted by molar-refractivity contribution is 0.270. The van der Waals surface area contributed by atoms with Gasteiger partial charge in [-0.2, -0.15) is 0 Å². The summed E-state index contributed by atoms with van der Waals surface area (Å²) in [4.78, 5) is 6.73. The van der Waals surface area contributed by atoms with Crippen LogP contribution in [0.2, 0.25) is 0 Å². The monoisotopic (exact) mass is 337 g/mol. The van der Waals surface area contributed by atoms with Crippen molar-refractivity contribution < 1.29 is 0 Å². The Labute approximate surface area is 116 Å². The molecule has 4 heteroatoms. The number of halogens is 1. The zero-order chi connectivity index (χ0) is 10.7. The van der Waals surface area contributed by atoms with Gasteiger partial charge in [0.05, 0.1) is 0 Å². The Hall–Kier alpha value is 0.